The maximum absolute atomic E-state index is 5.94. The first-order valence-corrected chi connectivity index (χ1v) is 6.14. The van der Waals surface area contributed by atoms with Gasteiger partial charge in [-0.05, 0) is 26.2 Å². The molecule has 0 bridgehead atoms. The summed E-state index contributed by atoms with van der Waals surface area (Å²) in [6.07, 6.45) is 7.93. The van der Waals surface area contributed by atoms with Crippen LogP contribution in [0.3, 0.4) is 0 Å². The van der Waals surface area contributed by atoms with E-state index in [1.807, 2.05) is 18.9 Å². The molecule has 0 amide bonds. The Kier molecular flexibility index (Phi) is 4.39. The van der Waals surface area contributed by atoms with Crippen molar-refractivity contribution >= 4 is 0 Å². The molecule has 2 nitrogen and oxygen atoms in total. The summed E-state index contributed by atoms with van der Waals surface area (Å²) in [5.41, 5.74) is 0.242. The molecule has 1 saturated heterocycles. The minimum atomic E-state index is 0.242. The highest BCUT2D eigenvalue weighted by atomic mass is 16.7. The minimum Gasteiger partial charge on any atom is -0.292 e. The second kappa shape index (κ2) is 5.13. The van der Waals surface area contributed by atoms with E-state index in [4.69, 9.17) is 4.84 Å². The summed E-state index contributed by atoms with van der Waals surface area (Å²) >= 11 is 0. The van der Waals surface area contributed by atoms with Crippen LogP contribution in [-0.4, -0.2) is 23.8 Å². The van der Waals surface area contributed by atoms with Crippen molar-refractivity contribution < 1.29 is 4.84 Å². The Balaban J connectivity index is 0.000000461. The number of nitrogens with zero attached hydrogens (tertiary/aromatic N) is 1. The number of rotatable bonds is 0. The van der Waals surface area contributed by atoms with Crippen LogP contribution in [0, 0.1) is 0 Å². The Bertz CT molecular complexity index is 152. The van der Waals surface area contributed by atoms with Crippen LogP contribution in [0.25, 0.3) is 0 Å². The summed E-state index contributed by atoms with van der Waals surface area (Å²) in [5.74, 6) is 0. The average Bonchev–Trinajstić information content (AvgIpc) is 2.46. The van der Waals surface area contributed by atoms with Crippen molar-refractivity contribution in [2.24, 2.45) is 0 Å². The SMILES string of the molecule is CC.CC1CC2(CCCCC2)ON1C. The molecule has 1 aliphatic carbocycles. The van der Waals surface area contributed by atoms with Crippen molar-refractivity contribution in [1.82, 2.24) is 5.06 Å². The molecule has 0 N–H and O–H groups in total. The molecular weight excluding hydrogens is 174 g/mol. The summed E-state index contributed by atoms with van der Waals surface area (Å²) in [5, 5.41) is 2.05. The zero-order valence-corrected chi connectivity index (χ0v) is 10.2. The normalized spacial score (nSPS) is 31.3. The van der Waals surface area contributed by atoms with Gasteiger partial charge in [-0.1, -0.05) is 33.1 Å². The molecular formula is C12H25NO. The van der Waals surface area contributed by atoms with Gasteiger partial charge < -0.3 is 0 Å². The van der Waals surface area contributed by atoms with Crippen LogP contribution in [0.5, 0.6) is 0 Å². The lowest BCUT2D eigenvalue weighted by molar-refractivity contribution is -0.197. The monoisotopic (exact) mass is 199 g/mol. The first-order valence-electron chi connectivity index (χ1n) is 6.14. The Morgan fingerprint density at radius 1 is 1.14 bits per heavy atom. The molecule has 2 fully saturated rings. The fourth-order valence-electron chi connectivity index (χ4n) is 2.59. The van der Waals surface area contributed by atoms with Gasteiger partial charge in [-0.25, -0.2) is 0 Å². The van der Waals surface area contributed by atoms with Crippen molar-refractivity contribution in [2.75, 3.05) is 7.05 Å². The molecule has 0 aromatic heterocycles. The van der Waals surface area contributed by atoms with Crippen molar-refractivity contribution in [3.8, 4) is 0 Å². The van der Waals surface area contributed by atoms with Crippen LogP contribution < -0.4 is 0 Å². The summed E-state index contributed by atoms with van der Waals surface area (Å²) in [6, 6.07) is 0.614. The fraction of sp³-hybridized carbons (Fsp3) is 1.00. The van der Waals surface area contributed by atoms with Crippen LogP contribution in [0.4, 0.5) is 0 Å². The van der Waals surface area contributed by atoms with E-state index in [0.717, 1.165) is 0 Å². The Labute approximate surface area is 88.6 Å². The molecule has 1 heterocycles. The lowest BCUT2D eigenvalue weighted by Gasteiger charge is -2.31. The van der Waals surface area contributed by atoms with E-state index in [0.29, 0.717) is 6.04 Å². The highest BCUT2D eigenvalue weighted by Gasteiger charge is 2.42. The molecule has 2 aliphatic rings. The van der Waals surface area contributed by atoms with Crippen molar-refractivity contribution in [1.29, 1.82) is 0 Å². The Morgan fingerprint density at radius 2 is 1.71 bits per heavy atom. The molecule has 1 saturated carbocycles. The zero-order chi connectivity index (χ0) is 10.6. The maximum Gasteiger partial charge on any atom is 0.0915 e. The van der Waals surface area contributed by atoms with E-state index in [1.165, 1.54) is 38.5 Å². The predicted octanol–water partition coefficient (Wildman–Crippen LogP) is 3.37. The van der Waals surface area contributed by atoms with E-state index < -0.39 is 0 Å². The molecule has 1 aliphatic heterocycles. The second-order valence-electron chi connectivity index (χ2n) is 4.43. The highest BCUT2D eigenvalue weighted by Crippen LogP contribution is 2.41. The third-order valence-electron chi connectivity index (χ3n) is 3.39. The lowest BCUT2D eigenvalue weighted by Crippen LogP contribution is -2.32. The maximum atomic E-state index is 5.94. The molecule has 1 atom stereocenters. The first kappa shape index (κ1) is 12.0. The average molecular weight is 199 g/mol. The van der Waals surface area contributed by atoms with E-state index in [9.17, 15) is 0 Å². The Morgan fingerprint density at radius 3 is 2.14 bits per heavy atom. The third kappa shape index (κ3) is 2.48. The van der Waals surface area contributed by atoms with Crippen LogP contribution >= 0.6 is 0 Å². The smallest absolute Gasteiger partial charge is 0.0915 e. The summed E-state index contributed by atoms with van der Waals surface area (Å²) < 4.78 is 0. The second-order valence-corrected chi connectivity index (χ2v) is 4.43. The van der Waals surface area contributed by atoms with E-state index in [-0.39, 0.29) is 5.60 Å². The molecule has 0 radical (unpaired) electrons. The van der Waals surface area contributed by atoms with Crippen LogP contribution in [-0.2, 0) is 4.84 Å². The van der Waals surface area contributed by atoms with E-state index in [2.05, 4.69) is 14.0 Å². The van der Waals surface area contributed by atoms with Gasteiger partial charge in [0.1, 0.15) is 0 Å². The minimum absolute atomic E-state index is 0.242. The highest BCUT2D eigenvalue weighted by molar-refractivity contribution is 4.90. The topological polar surface area (TPSA) is 12.5 Å². The summed E-state index contributed by atoms with van der Waals surface area (Å²) in [7, 11) is 2.06. The first-order chi connectivity index (χ1) is 6.72. The van der Waals surface area contributed by atoms with Crippen molar-refractivity contribution in [3.63, 3.8) is 0 Å². The van der Waals surface area contributed by atoms with Gasteiger partial charge >= 0.3 is 0 Å². The fourth-order valence-corrected chi connectivity index (χ4v) is 2.59. The van der Waals surface area contributed by atoms with Crippen molar-refractivity contribution in [3.05, 3.63) is 0 Å². The van der Waals surface area contributed by atoms with Gasteiger partial charge in [0.2, 0.25) is 0 Å². The van der Waals surface area contributed by atoms with Crippen LogP contribution in [0.1, 0.15) is 59.3 Å². The van der Waals surface area contributed by atoms with Gasteiger partial charge in [-0.15, -0.1) is 0 Å². The molecule has 1 spiro atoms. The quantitative estimate of drug-likeness (QED) is 0.593. The van der Waals surface area contributed by atoms with Crippen LogP contribution in [0.15, 0.2) is 0 Å². The van der Waals surface area contributed by atoms with E-state index >= 15 is 0 Å². The van der Waals surface area contributed by atoms with Crippen LogP contribution in [0.2, 0.25) is 0 Å². The van der Waals surface area contributed by atoms with Gasteiger partial charge in [0, 0.05) is 13.1 Å². The van der Waals surface area contributed by atoms with Gasteiger partial charge in [-0.3, -0.25) is 4.84 Å². The summed E-state index contributed by atoms with van der Waals surface area (Å²) in [6.45, 7) is 6.25. The van der Waals surface area contributed by atoms with Crippen molar-refractivity contribution in [2.45, 2.75) is 70.9 Å². The summed E-state index contributed by atoms with van der Waals surface area (Å²) in [4.78, 5) is 5.94. The molecule has 2 heteroatoms. The molecule has 2 rings (SSSR count). The Hall–Kier alpha value is -0.0800. The van der Waals surface area contributed by atoms with Gasteiger partial charge in [0.25, 0.3) is 0 Å². The molecule has 0 aromatic rings. The van der Waals surface area contributed by atoms with Gasteiger partial charge in [0.15, 0.2) is 0 Å². The molecule has 14 heavy (non-hydrogen) atoms. The third-order valence-corrected chi connectivity index (χ3v) is 3.39. The molecule has 0 aromatic carbocycles. The predicted molar refractivity (Wildman–Crippen MR) is 60.1 cm³/mol. The number of hydrogen-bond donors (Lipinski definition) is 0. The number of hydrogen-bond acceptors (Lipinski definition) is 2. The zero-order valence-electron chi connectivity index (χ0n) is 10.2. The van der Waals surface area contributed by atoms with Gasteiger partial charge in [0.05, 0.1) is 5.60 Å². The van der Waals surface area contributed by atoms with E-state index in [1.54, 1.807) is 0 Å². The van der Waals surface area contributed by atoms with Gasteiger partial charge in [-0.2, -0.15) is 5.06 Å². The number of hydroxylamine groups is 2. The standard InChI is InChI=1S/C10H19NO.C2H6/c1-9-8-10(12-11(9)2)6-4-3-5-7-10;1-2/h9H,3-8H2,1-2H3;1-2H3. The molecule has 1 unspecified atom stereocenters. The largest absolute Gasteiger partial charge is 0.292 e. The lowest BCUT2D eigenvalue weighted by atomic mass is 9.81. The molecule has 84 valence electrons.